The van der Waals surface area contributed by atoms with Crippen molar-refractivity contribution in [3.8, 4) is 0 Å². The van der Waals surface area contributed by atoms with Gasteiger partial charge in [-0.1, -0.05) is 19.1 Å². The van der Waals surface area contributed by atoms with E-state index in [9.17, 15) is 0 Å². The van der Waals surface area contributed by atoms with Crippen molar-refractivity contribution in [2.24, 2.45) is 11.8 Å². The Morgan fingerprint density at radius 3 is 2.88 bits per heavy atom. The molecule has 4 atom stereocenters. The van der Waals surface area contributed by atoms with E-state index in [0.29, 0.717) is 18.0 Å². The molecule has 2 unspecified atom stereocenters. The molecule has 3 nitrogen and oxygen atoms in total. The second-order valence-corrected chi connectivity index (χ2v) is 5.47. The highest BCUT2D eigenvalue weighted by atomic mass is 16.3. The van der Waals surface area contributed by atoms with Crippen molar-refractivity contribution in [2.75, 3.05) is 26.7 Å². The van der Waals surface area contributed by atoms with Crippen LogP contribution in [0.5, 0.6) is 0 Å². The van der Waals surface area contributed by atoms with E-state index in [0.717, 1.165) is 12.3 Å². The summed E-state index contributed by atoms with van der Waals surface area (Å²) in [5, 5.41) is 12.8. The fourth-order valence-corrected chi connectivity index (χ4v) is 2.91. The molecule has 2 rings (SSSR count). The summed E-state index contributed by atoms with van der Waals surface area (Å²) < 4.78 is 0. The molecule has 1 aliphatic heterocycles. The molecule has 1 fully saturated rings. The topological polar surface area (TPSA) is 35.5 Å². The first kappa shape index (κ1) is 12.1. The average Bonchev–Trinajstić information content (AvgIpc) is 2.70. The van der Waals surface area contributed by atoms with Crippen LogP contribution >= 0.6 is 0 Å². The minimum absolute atomic E-state index is 0.289. The Morgan fingerprint density at radius 1 is 1.44 bits per heavy atom. The Balaban J connectivity index is 1.80. The maximum absolute atomic E-state index is 9.09. The van der Waals surface area contributed by atoms with E-state index in [1.807, 2.05) is 0 Å². The smallest absolute Gasteiger partial charge is 0.0494 e. The highest BCUT2D eigenvalue weighted by Gasteiger charge is 2.27. The molecule has 0 amide bonds. The van der Waals surface area contributed by atoms with Crippen LogP contribution in [-0.4, -0.2) is 48.8 Å². The van der Waals surface area contributed by atoms with Crippen molar-refractivity contribution < 1.29 is 5.11 Å². The third-order valence-electron chi connectivity index (χ3n) is 3.94. The predicted octanol–water partition coefficient (Wildman–Crippen LogP) is 0.853. The van der Waals surface area contributed by atoms with Gasteiger partial charge in [-0.2, -0.15) is 0 Å². The van der Waals surface area contributed by atoms with Crippen LogP contribution in [0.3, 0.4) is 0 Å². The lowest BCUT2D eigenvalue weighted by molar-refractivity contribution is 0.167. The molecule has 1 saturated heterocycles. The van der Waals surface area contributed by atoms with E-state index in [4.69, 9.17) is 5.11 Å². The Kier molecular flexibility index (Phi) is 4.00. The van der Waals surface area contributed by atoms with Crippen LogP contribution in [0, 0.1) is 11.8 Å². The quantitative estimate of drug-likeness (QED) is 0.698. The largest absolute Gasteiger partial charge is 0.396 e. The molecule has 0 aromatic carbocycles. The van der Waals surface area contributed by atoms with E-state index >= 15 is 0 Å². The Morgan fingerprint density at radius 2 is 2.25 bits per heavy atom. The molecule has 0 saturated carbocycles. The third kappa shape index (κ3) is 2.84. The first-order valence-corrected chi connectivity index (χ1v) is 6.43. The highest BCUT2D eigenvalue weighted by Crippen LogP contribution is 2.21. The maximum atomic E-state index is 9.09. The number of hydrogen-bond acceptors (Lipinski definition) is 3. The van der Waals surface area contributed by atoms with E-state index < -0.39 is 0 Å². The summed E-state index contributed by atoms with van der Waals surface area (Å²) >= 11 is 0. The number of likely N-dealkylation sites (tertiary alicyclic amines) is 1. The van der Waals surface area contributed by atoms with Gasteiger partial charge in [0.25, 0.3) is 0 Å². The first-order chi connectivity index (χ1) is 7.69. The molecule has 0 aromatic rings. The van der Waals surface area contributed by atoms with Crippen LogP contribution in [-0.2, 0) is 0 Å². The summed E-state index contributed by atoms with van der Waals surface area (Å²) in [7, 11) is 2.20. The molecule has 0 radical (unpaired) electrons. The number of aliphatic hydroxyl groups is 1. The fourth-order valence-electron chi connectivity index (χ4n) is 2.91. The molecule has 16 heavy (non-hydrogen) atoms. The molecular weight excluding hydrogens is 200 g/mol. The van der Waals surface area contributed by atoms with E-state index in [1.165, 1.54) is 19.5 Å². The summed E-state index contributed by atoms with van der Waals surface area (Å²) in [4.78, 5) is 2.41. The molecule has 92 valence electrons. The second kappa shape index (κ2) is 5.30. The SMILES string of the molecule is CC1CN(C)CCC1N[C@@H]1C=C[C@H](CO)C1. The van der Waals surface area contributed by atoms with Crippen molar-refractivity contribution in [1.82, 2.24) is 10.2 Å². The molecule has 1 aliphatic carbocycles. The molecule has 0 spiro atoms. The van der Waals surface area contributed by atoms with Gasteiger partial charge in [0, 0.05) is 31.2 Å². The summed E-state index contributed by atoms with van der Waals surface area (Å²) in [5.74, 6) is 1.10. The van der Waals surface area contributed by atoms with Gasteiger partial charge in [-0.15, -0.1) is 0 Å². The Hall–Kier alpha value is -0.380. The number of rotatable bonds is 3. The average molecular weight is 224 g/mol. The van der Waals surface area contributed by atoms with Crippen molar-refractivity contribution in [1.29, 1.82) is 0 Å². The van der Waals surface area contributed by atoms with Crippen LogP contribution in [0.25, 0.3) is 0 Å². The molecule has 3 heteroatoms. The van der Waals surface area contributed by atoms with Gasteiger partial charge in [0.05, 0.1) is 0 Å². The lowest BCUT2D eigenvalue weighted by Gasteiger charge is -2.36. The Bertz CT molecular complexity index is 254. The van der Waals surface area contributed by atoms with Gasteiger partial charge in [0.15, 0.2) is 0 Å². The molecule has 1 heterocycles. The lowest BCUT2D eigenvalue weighted by Crippen LogP contribution is -2.49. The van der Waals surface area contributed by atoms with Crippen LogP contribution < -0.4 is 5.32 Å². The Labute approximate surface area is 98.5 Å². The van der Waals surface area contributed by atoms with Crippen LogP contribution in [0.1, 0.15) is 19.8 Å². The number of nitrogens with one attached hydrogen (secondary N) is 1. The summed E-state index contributed by atoms with van der Waals surface area (Å²) in [6.45, 7) is 5.01. The van der Waals surface area contributed by atoms with Crippen LogP contribution in [0.15, 0.2) is 12.2 Å². The number of hydrogen-bond donors (Lipinski definition) is 2. The zero-order chi connectivity index (χ0) is 11.5. The van der Waals surface area contributed by atoms with Gasteiger partial charge in [0.2, 0.25) is 0 Å². The van der Waals surface area contributed by atoms with E-state index in [2.05, 4.69) is 36.3 Å². The third-order valence-corrected chi connectivity index (χ3v) is 3.94. The number of piperidine rings is 1. The number of nitrogens with zero attached hydrogens (tertiary/aromatic N) is 1. The normalized spacial score (nSPS) is 40.4. The minimum Gasteiger partial charge on any atom is -0.396 e. The minimum atomic E-state index is 0.289. The van der Waals surface area contributed by atoms with Gasteiger partial charge in [0.1, 0.15) is 0 Å². The van der Waals surface area contributed by atoms with E-state index in [-0.39, 0.29) is 6.61 Å². The number of aliphatic hydroxyl groups excluding tert-OH is 1. The van der Waals surface area contributed by atoms with Gasteiger partial charge >= 0.3 is 0 Å². The summed E-state index contributed by atoms with van der Waals surface area (Å²) in [6, 6.07) is 1.12. The first-order valence-electron chi connectivity index (χ1n) is 6.43. The van der Waals surface area contributed by atoms with Crippen molar-refractivity contribution in [3.05, 3.63) is 12.2 Å². The summed E-state index contributed by atoms with van der Waals surface area (Å²) in [6.07, 6.45) is 6.69. The second-order valence-electron chi connectivity index (χ2n) is 5.47. The van der Waals surface area contributed by atoms with E-state index in [1.54, 1.807) is 0 Å². The molecular formula is C13H24N2O. The van der Waals surface area contributed by atoms with Crippen LogP contribution in [0.4, 0.5) is 0 Å². The monoisotopic (exact) mass is 224 g/mol. The van der Waals surface area contributed by atoms with Crippen molar-refractivity contribution >= 4 is 0 Å². The molecule has 2 aliphatic rings. The van der Waals surface area contributed by atoms with Crippen molar-refractivity contribution in [2.45, 2.75) is 31.8 Å². The van der Waals surface area contributed by atoms with Crippen molar-refractivity contribution in [3.63, 3.8) is 0 Å². The van der Waals surface area contributed by atoms with Gasteiger partial charge in [-0.3, -0.25) is 0 Å². The van der Waals surface area contributed by atoms with Gasteiger partial charge < -0.3 is 15.3 Å². The van der Waals surface area contributed by atoms with Gasteiger partial charge in [-0.05, 0) is 32.4 Å². The predicted molar refractivity (Wildman–Crippen MR) is 66.3 cm³/mol. The molecule has 2 N–H and O–H groups in total. The molecule has 0 bridgehead atoms. The lowest BCUT2D eigenvalue weighted by atomic mass is 9.93. The summed E-state index contributed by atoms with van der Waals surface area (Å²) in [5.41, 5.74) is 0. The van der Waals surface area contributed by atoms with Gasteiger partial charge in [-0.25, -0.2) is 0 Å². The zero-order valence-electron chi connectivity index (χ0n) is 10.4. The standard InChI is InChI=1S/C13H24N2O/c1-10-8-15(2)6-5-13(10)14-12-4-3-11(7-12)9-16/h3-4,10-14,16H,5-9H2,1-2H3/t10?,11-,12+,13?/m0/s1. The zero-order valence-corrected chi connectivity index (χ0v) is 10.4. The van der Waals surface area contributed by atoms with Crippen LogP contribution in [0.2, 0.25) is 0 Å². The molecule has 0 aromatic heterocycles. The fraction of sp³-hybridized carbons (Fsp3) is 0.846. The highest BCUT2D eigenvalue weighted by molar-refractivity contribution is 5.07. The maximum Gasteiger partial charge on any atom is 0.0494 e.